The van der Waals surface area contributed by atoms with Crippen LogP contribution in [0.4, 0.5) is 5.13 Å². The summed E-state index contributed by atoms with van der Waals surface area (Å²) in [5.41, 5.74) is 3.42. The highest BCUT2D eigenvalue weighted by Crippen LogP contribution is 2.42. The maximum Gasteiger partial charge on any atom is 0.297 e. The topological polar surface area (TPSA) is 76.3 Å². The highest BCUT2D eigenvalue weighted by Gasteiger charge is 2.45. The molecule has 29 heavy (non-hydrogen) atoms. The third kappa shape index (κ3) is 2.61. The van der Waals surface area contributed by atoms with Crippen LogP contribution in [0.15, 0.2) is 51.7 Å². The molecule has 0 spiro atoms. The number of hydrogen-bond donors (Lipinski definition) is 0. The minimum absolute atomic E-state index is 0.0764. The Labute approximate surface area is 170 Å². The van der Waals surface area contributed by atoms with Crippen molar-refractivity contribution in [3.8, 4) is 0 Å². The Morgan fingerprint density at radius 1 is 1.00 bits per heavy atom. The summed E-state index contributed by atoms with van der Waals surface area (Å²) < 4.78 is 6.01. The molecule has 0 aliphatic carbocycles. The Balaban J connectivity index is 1.84. The van der Waals surface area contributed by atoms with Gasteiger partial charge in [-0.2, -0.15) is 0 Å². The second-order valence-electron chi connectivity index (χ2n) is 7.20. The molecular formula is C22H17N3O3S. The molecule has 1 unspecified atom stereocenters. The van der Waals surface area contributed by atoms with Crippen LogP contribution in [0.1, 0.15) is 43.9 Å². The summed E-state index contributed by atoms with van der Waals surface area (Å²) in [5, 5.41) is 9.89. The Bertz CT molecular complexity index is 1340. The summed E-state index contributed by atoms with van der Waals surface area (Å²) in [7, 11) is 0. The number of carbonyl (C=O) groups excluding carboxylic acids is 1. The van der Waals surface area contributed by atoms with Gasteiger partial charge in [0, 0.05) is 0 Å². The fourth-order valence-electron chi connectivity index (χ4n) is 3.76. The molecule has 0 saturated heterocycles. The lowest BCUT2D eigenvalue weighted by molar-refractivity contribution is 0.0970. The molecule has 144 valence electrons. The highest BCUT2D eigenvalue weighted by atomic mass is 32.1. The zero-order valence-electron chi connectivity index (χ0n) is 16.1. The van der Waals surface area contributed by atoms with Crippen molar-refractivity contribution in [3.63, 3.8) is 0 Å². The molecule has 0 bridgehead atoms. The Hall–Kier alpha value is -3.32. The van der Waals surface area contributed by atoms with E-state index in [2.05, 4.69) is 10.2 Å². The molecule has 0 radical (unpaired) electrons. The molecule has 0 saturated carbocycles. The molecule has 0 fully saturated rings. The lowest BCUT2D eigenvalue weighted by atomic mass is 9.98. The van der Waals surface area contributed by atoms with Crippen LogP contribution in [0.3, 0.4) is 0 Å². The van der Waals surface area contributed by atoms with Crippen molar-refractivity contribution in [3.05, 3.63) is 85.7 Å². The van der Waals surface area contributed by atoms with Crippen LogP contribution >= 0.6 is 11.3 Å². The van der Waals surface area contributed by atoms with E-state index >= 15 is 0 Å². The number of fused-ring (bicyclic) bond motifs is 2. The van der Waals surface area contributed by atoms with Crippen LogP contribution in [-0.4, -0.2) is 16.1 Å². The minimum atomic E-state index is -0.603. The average Bonchev–Trinajstić information content (AvgIpc) is 3.26. The monoisotopic (exact) mass is 403 g/mol. The van der Waals surface area contributed by atoms with Crippen molar-refractivity contribution in [2.75, 3.05) is 4.90 Å². The van der Waals surface area contributed by atoms with Crippen LogP contribution in [0, 0.1) is 20.8 Å². The predicted octanol–water partition coefficient (Wildman–Crippen LogP) is 4.32. The van der Waals surface area contributed by atoms with Gasteiger partial charge in [0.25, 0.3) is 5.91 Å². The quantitative estimate of drug-likeness (QED) is 0.498. The van der Waals surface area contributed by atoms with Gasteiger partial charge in [0.15, 0.2) is 5.43 Å². The first-order valence-electron chi connectivity index (χ1n) is 9.22. The normalized spacial score (nSPS) is 15.9. The molecule has 7 heteroatoms. The molecule has 4 aromatic rings. The molecule has 1 amide bonds. The van der Waals surface area contributed by atoms with E-state index in [1.165, 1.54) is 16.2 Å². The molecule has 3 heterocycles. The number of rotatable bonds is 2. The van der Waals surface area contributed by atoms with E-state index in [9.17, 15) is 9.59 Å². The van der Waals surface area contributed by atoms with Gasteiger partial charge in [0.1, 0.15) is 10.6 Å². The number of anilines is 1. The summed E-state index contributed by atoms with van der Waals surface area (Å²) in [4.78, 5) is 28.4. The molecule has 1 aliphatic rings. The molecule has 1 aliphatic heterocycles. The number of hydrogen-bond acceptors (Lipinski definition) is 6. The second-order valence-corrected chi connectivity index (χ2v) is 8.36. The third-order valence-electron chi connectivity index (χ3n) is 5.32. The van der Waals surface area contributed by atoms with E-state index in [-0.39, 0.29) is 17.1 Å². The Kier molecular flexibility index (Phi) is 3.89. The van der Waals surface area contributed by atoms with Crippen molar-refractivity contribution in [1.82, 2.24) is 10.2 Å². The van der Waals surface area contributed by atoms with E-state index in [0.717, 1.165) is 21.7 Å². The zero-order chi connectivity index (χ0) is 20.3. The second kappa shape index (κ2) is 6.35. The van der Waals surface area contributed by atoms with E-state index in [1.54, 1.807) is 0 Å². The van der Waals surface area contributed by atoms with Crippen LogP contribution in [0.25, 0.3) is 11.0 Å². The molecule has 1 atom stereocenters. The van der Waals surface area contributed by atoms with E-state index < -0.39 is 6.04 Å². The van der Waals surface area contributed by atoms with Crippen molar-refractivity contribution < 1.29 is 9.21 Å². The standard InChI is InChI=1S/C22H17N3O3S/c1-11-9-15-16(10-12(11)2)28-20-17(19(15)26)18(14-7-5-4-6-8-14)25(21(20)27)22-24-23-13(3)29-22/h4-10,18H,1-3H3. The van der Waals surface area contributed by atoms with Crippen LogP contribution in [0.2, 0.25) is 0 Å². The van der Waals surface area contributed by atoms with Crippen molar-refractivity contribution in [2.45, 2.75) is 26.8 Å². The van der Waals surface area contributed by atoms with Gasteiger partial charge in [-0.25, -0.2) is 0 Å². The van der Waals surface area contributed by atoms with Gasteiger partial charge in [0.05, 0.1) is 17.0 Å². The number of carbonyl (C=O) groups is 1. The molecule has 2 aromatic heterocycles. The number of benzene rings is 2. The van der Waals surface area contributed by atoms with Gasteiger partial charge < -0.3 is 4.42 Å². The maximum atomic E-state index is 13.5. The van der Waals surface area contributed by atoms with Crippen LogP contribution in [-0.2, 0) is 0 Å². The van der Waals surface area contributed by atoms with Gasteiger partial charge in [-0.1, -0.05) is 41.7 Å². The first-order valence-corrected chi connectivity index (χ1v) is 10.0. The summed E-state index contributed by atoms with van der Waals surface area (Å²) in [6.45, 7) is 5.74. The number of aromatic nitrogens is 2. The van der Waals surface area contributed by atoms with Crippen molar-refractivity contribution in [1.29, 1.82) is 0 Å². The molecular weight excluding hydrogens is 386 g/mol. The SMILES string of the molecule is Cc1nnc(N2C(=O)c3oc4cc(C)c(C)cc4c(=O)c3C2c2ccccc2)s1. The molecule has 6 nitrogen and oxygen atoms in total. The average molecular weight is 403 g/mol. The van der Waals surface area contributed by atoms with Gasteiger partial charge in [-0.3, -0.25) is 14.5 Å². The van der Waals surface area contributed by atoms with Gasteiger partial charge in [0.2, 0.25) is 10.9 Å². The van der Waals surface area contributed by atoms with Gasteiger partial charge >= 0.3 is 0 Å². The summed E-state index contributed by atoms with van der Waals surface area (Å²) in [6.07, 6.45) is 0. The molecule has 2 aromatic carbocycles. The first-order chi connectivity index (χ1) is 14.0. The maximum absolute atomic E-state index is 13.5. The zero-order valence-corrected chi connectivity index (χ0v) is 16.9. The molecule has 0 N–H and O–H groups in total. The van der Waals surface area contributed by atoms with E-state index in [4.69, 9.17) is 4.42 Å². The minimum Gasteiger partial charge on any atom is -0.450 e. The summed E-state index contributed by atoms with van der Waals surface area (Å²) >= 11 is 1.31. The van der Waals surface area contributed by atoms with Crippen LogP contribution < -0.4 is 10.3 Å². The highest BCUT2D eigenvalue weighted by molar-refractivity contribution is 7.15. The summed E-state index contributed by atoms with van der Waals surface area (Å²) in [5.74, 6) is -0.297. The molecule has 5 rings (SSSR count). The lowest BCUT2D eigenvalue weighted by Crippen LogP contribution is -2.29. The van der Waals surface area contributed by atoms with Crippen molar-refractivity contribution >= 4 is 33.3 Å². The van der Waals surface area contributed by atoms with Gasteiger partial charge in [-0.15, -0.1) is 10.2 Å². The number of aryl methyl sites for hydroxylation is 3. The summed E-state index contributed by atoms with van der Waals surface area (Å²) in [6, 6.07) is 12.5. The first kappa shape index (κ1) is 17.8. The third-order valence-corrected chi connectivity index (χ3v) is 6.16. The smallest absolute Gasteiger partial charge is 0.297 e. The largest absolute Gasteiger partial charge is 0.450 e. The Morgan fingerprint density at radius 2 is 1.72 bits per heavy atom. The fourth-order valence-corrected chi connectivity index (χ4v) is 4.47. The van der Waals surface area contributed by atoms with Crippen molar-refractivity contribution in [2.24, 2.45) is 0 Å². The van der Waals surface area contributed by atoms with Crippen LogP contribution in [0.5, 0.6) is 0 Å². The van der Waals surface area contributed by atoms with E-state index in [1.807, 2.05) is 63.2 Å². The Morgan fingerprint density at radius 3 is 2.41 bits per heavy atom. The van der Waals surface area contributed by atoms with Gasteiger partial charge in [-0.05, 0) is 49.6 Å². The van der Waals surface area contributed by atoms with E-state index in [0.29, 0.717) is 21.7 Å². The lowest BCUT2D eigenvalue weighted by Gasteiger charge is -2.21. The fraction of sp³-hybridized carbons (Fsp3) is 0.182. The number of nitrogens with zero attached hydrogens (tertiary/aromatic N) is 3. The predicted molar refractivity (Wildman–Crippen MR) is 112 cm³/mol. The number of amides is 1.